The van der Waals surface area contributed by atoms with Gasteiger partial charge in [-0.2, -0.15) is 5.10 Å². The average Bonchev–Trinajstić information content (AvgIpc) is 3.35. The molecule has 1 aromatic carbocycles. The molecule has 0 unspecified atom stereocenters. The van der Waals surface area contributed by atoms with Crippen LogP contribution in [0.1, 0.15) is 24.4 Å². The Morgan fingerprint density at radius 2 is 2.21 bits per heavy atom. The zero-order chi connectivity index (χ0) is 19.5. The number of carbonyl (C=O) groups excluding carboxylic acids is 1. The standard InChI is InChI=1S/C21H26N6O/c1-16-22-13-20(25(16)2)15-26-10-4-6-17(14-26)21(28)24-18-7-3-8-19(12-18)27-11-5-9-23-27/h3,5,7-9,11-13,17H,4,6,10,14-15H2,1-2H3,(H,24,28)/t17-/m0/s1. The molecule has 1 aliphatic heterocycles. The van der Waals surface area contributed by atoms with E-state index in [1.807, 2.05) is 56.7 Å². The number of rotatable bonds is 5. The van der Waals surface area contributed by atoms with Crippen LogP contribution in [0.25, 0.3) is 5.69 Å². The molecule has 1 saturated heterocycles. The first-order valence-electron chi connectivity index (χ1n) is 9.70. The predicted octanol–water partition coefficient (Wildman–Crippen LogP) is 2.76. The molecule has 0 aliphatic carbocycles. The molecule has 7 nitrogen and oxygen atoms in total. The third-order valence-electron chi connectivity index (χ3n) is 5.46. The number of aromatic nitrogens is 4. The van der Waals surface area contributed by atoms with Gasteiger partial charge in [0.25, 0.3) is 0 Å². The Labute approximate surface area is 165 Å². The summed E-state index contributed by atoms with van der Waals surface area (Å²) in [6.07, 6.45) is 7.51. The lowest BCUT2D eigenvalue weighted by Gasteiger charge is -2.32. The van der Waals surface area contributed by atoms with Crippen molar-refractivity contribution >= 4 is 11.6 Å². The van der Waals surface area contributed by atoms with E-state index in [2.05, 4.69) is 24.9 Å². The topological polar surface area (TPSA) is 68.0 Å². The largest absolute Gasteiger partial charge is 0.334 e. The number of carbonyl (C=O) groups is 1. The highest BCUT2D eigenvalue weighted by atomic mass is 16.1. The van der Waals surface area contributed by atoms with Crippen molar-refractivity contribution in [3.05, 3.63) is 60.4 Å². The molecule has 0 spiro atoms. The molecular formula is C21H26N6O. The number of nitrogens with zero attached hydrogens (tertiary/aromatic N) is 5. The molecule has 4 rings (SSSR count). The van der Waals surface area contributed by atoms with Gasteiger partial charge in [-0.25, -0.2) is 9.67 Å². The Morgan fingerprint density at radius 1 is 1.32 bits per heavy atom. The van der Waals surface area contributed by atoms with Crippen LogP contribution >= 0.6 is 0 Å². The molecule has 3 heterocycles. The number of hydrogen-bond acceptors (Lipinski definition) is 4. The summed E-state index contributed by atoms with van der Waals surface area (Å²) < 4.78 is 3.90. The van der Waals surface area contributed by atoms with Crippen LogP contribution in [0.3, 0.4) is 0 Å². The summed E-state index contributed by atoms with van der Waals surface area (Å²) in [6, 6.07) is 9.66. The first kappa shape index (κ1) is 18.4. The lowest BCUT2D eigenvalue weighted by atomic mass is 9.97. The number of amides is 1. The lowest BCUT2D eigenvalue weighted by molar-refractivity contribution is -0.121. The minimum atomic E-state index is -0.00330. The SMILES string of the molecule is Cc1ncc(CN2CCC[C@H](C(=O)Nc3cccc(-n4cccn4)c3)C2)n1C. The van der Waals surface area contributed by atoms with E-state index < -0.39 is 0 Å². The van der Waals surface area contributed by atoms with Crippen LogP contribution in [-0.4, -0.2) is 43.2 Å². The molecule has 0 saturated carbocycles. The van der Waals surface area contributed by atoms with Gasteiger partial charge in [0, 0.05) is 44.4 Å². The minimum absolute atomic E-state index is 0.00330. The number of anilines is 1. The predicted molar refractivity (Wildman–Crippen MR) is 108 cm³/mol. The molecule has 3 aromatic rings. The fourth-order valence-electron chi connectivity index (χ4n) is 3.73. The molecule has 146 valence electrons. The Bertz CT molecular complexity index is 946. The molecule has 1 atom stereocenters. The van der Waals surface area contributed by atoms with Crippen molar-refractivity contribution in [1.29, 1.82) is 0 Å². The average molecular weight is 378 g/mol. The van der Waals surface area contributed by atoms with Gasteiger partial charge >= 0.3 is 0 Å². The summed E-state index contributed by atoms with van der Waals surface area (Å²) in [5.41, 5.74) is 2.92. The first-order chi connectivity index (χ1) is 13.6. The van der Waals surface area contributed by atoms with E-state index in [4.69, 9.17) is 0 Å². The lowest BCUT2D eigenvalue weighted by Crippen LogP contribution is -2.40. The van der Waals surface area contributed by atoms with Crippen LogP contribution in [0.5, 0.6) is 0 Å². The number of hydrogen-bond donors (Lipinski definition) is 1. The summed E-state index contributed by atoms with van der Waals surface area (Å²) in [7, 11) is 2.04. The number of benzene rings is 1. The number of piperidine rings is 1. The van der Waals surface area contributed by atoms with Crippen molar-refractivity contribution in [3.8, 4) is 5.69 Å². The minimum Gasteiger partial charge on any atom is -0.334 e. The van der Waals surface area contributed by atoms with Crippen molar-refractivity contribution in [1.82, 2.24) is 24.2 Å². The van der Waals surface area contributed by atoms with Crippen molar-refractivity contribution < 1.29 is 4.79 Å². The van der Waals surface area contributed by atoms with E-state index in [1.165, 1.54) is 5.69 Å². The fourth-order valence-corrected chi connectivity index (χ4v) is 3.73. The Hall–Kier alpha value is -2.93. The zero-order valence-electron chi connectivity index (χ0n) is 16.4. The van der Waals surface area contributed by atoms with Gasteiger partial charge in [0.05, 0.1) is 17.3 Å². The van der Waals surface area contributed by atoms with E-state index in [-0.39, 0.29) is 11.8 Å². The van der Waals surface area contributed by atoms with Gasteiger partial charge in [-0.15, -0.1) is 0 Å². The summed E-state index contributed by atoms with van der Waals surface area (Å²) in [5, 5.41) is 7.34. The Kier molecular flexibility index (Phi) is 5.25. The van der Waals surface area contributed by atoms with Crippen LogP contribution in [-0.2, 0) is 18.4 Å². The second kappa shape index (κ2) is 7.98. The molecule has 1 N–H and O–H groups in total. The number of aryl methyl sites for hydroxylation is 1. The monoisotopic (exact) mass is 378 g/mol. The van der Waals surface area contributed by atoms with Gasteiger partial charge in [0.2, 0.25) is 5.91 Å². The number of nitrogens with one attached hydrogen (secondary N) is 1. The van der Waals surface area contributed by atoms with Gasteiger partial charge < -0.3 is 9.88 Å². The second-order valence-electron chi connectivity index (χ2n) is 7.42. The molecule has 0 bridgehead atoms. The molecular weight excluding hydrogens is 352 g/mol. The summed E-state index contributed by atoms with van der Waals surface area (Å²) in [4.78, 5) is 19.6. The number of likely N-dealkylation sites (tertiary alicyclic amines) is 1. The third kappa shape index (κ3) is 3.99. The maximum absolute atomic E-state index is 12.9. The highest BCUT2D eigenvalue weighted by Crippen LogP contribution is 2.21. The van der Waals surface area contributed by atoms with Crippen molar-refractivity contribution in [2.45, 2.75) is 26.3 Å². The second-order valence-corrected chi connectivity index (χ2v) is 7.42. The maximum atomic E-state index is 12.9. The molecule has 2 aromatic heterocycles. The van der Waals surface area contributed by atoms with Crippen molar-refractivity contribution in [3.63, 3.8) is 0 Å². The normalized spacial score (nSPS) is 17.6. The highest BCUT2D eigenvalue weighted by molar-refractivity contribution is 5.93. The molecule has 7 heteroatoms. The van der Waals surface area contributed by atoms with Crippen molar-refractivity contribution in [2.24, 2.45) is 13.0 Å². The van der Waals surface area contributed by atoms with E-state index in [0.29, 0.717) is 0 Å². The highest BCUT2D eigenvalue weighted by Gasteiger charge is 2.26. The maximum Gasteiger partial charge on any atom is 0.228 e. The third-order valence-corrected chi connectivity index (χ3v) is 5.46. The van der Waals surface area contributed by atoms with E-state index >= 15 is 0 Å². The van der Waals surface area contributed by atoms with Gasteiger partial charge in [-0.3, -0.25) is 9.69 Å². The van der Waals surface area contributed by atoms with E-state index in [1.54, 1.807) is 10.9 Å². The summed E-state index contributed by atoms with van der Waals surface area (Å²) in [5.74, 6) is 1.10. The molecule has 0 radical (unpaired) electrons. The van der Waals surface area contributed by atoms with Gasteiger partial charge in [-0.05, 0) is 50.6 Å². The van der Waals surface area contributed by atoms with Crippen molar-refractivity contribution in [2.75, 3.05) is 18.4 Å². The molecule has 1 fully saturated rings. The van der Waals surface area contributed by atoms with Crippen LogP contribution in [0.4, 0.5) is 5.69 Å². The van der Waals surface area contributed by atoms with E-state index in [0.717, 1.165) is 49.7 Å². The summed E-state index contributed by atoms with van der Waals surface area (Å²) in [6.45, 7) is 4.63. The van der Waals surface area contributed by atoms with E-state index in [9.17, 15) is 4.79 Å². The van der Waals surface area contributed by atoms with Gasteiger partial charge in [0.15, 0.2) is 0 Å². The van der Waals surface area contributed by atoms with Crippen LogP contribution in [0.2, 0.25) is 0 Å². The molecule has 1 aliphatic rings. The first-order valence-corrected chi connectivity index (χ1v) is 9.70. The quantitative estimate of drug-likeness (QED) is 0.741. The van der Waals surface area contributed by atoms with Gasteiger partial charge in [-0.1, -0.05) is 6.07 Å². The number of imidazole rings is 1. The van der Waals surface area contributed by atoms with Gasteiger partial charge in [0.1, 0.15) is 5.82 Å². The fraction of sp³-hybridized carbons (Fsp3) is 0.381. The zero-order valence-corrected chi connectivity index (χ0v) is 16.4. The van der Waals surface area contributed by atoms with Crippen LogP contribution < -0.4 is 5.32 Å². The summed E-state index contributed by atoms with van der Waals surface area (Å²) >= 11 is 0. The molecule has 1 amide bonds. The van der Waals surface area contributed by atoms with Crippen LogP contribution in [0.15, 0.2) is 48.9 Å². The molecule has 28 heavy (non-hydrogen) atoms. The smallest absolute Gasteiger partial charge is 0.228 e. The Morgan fingerprint density at radius 3 is 2.96 bits per heavy atom. The van der Waals surface area contributed by atoms with Crippen LogP contribution in [0, 0.1) is 12.8 Å². The Balaban J connectivity index is 1.39.